The van der Waals surface area contributed by atoms with E-state index in [1.807, 2.05) is 0 Å². The Bertz CT molecular complexity index is 851. The molecule has 0 aliphatic rings. The van der Waals surface area contributed by atoms with Crippen LogP contribution in [0.5, 0.6) is 0 Å². The van der Waals surface area contributed by atoms with Crippen molar-refractivity contribution in [1.82, 2.24) is 0 Å². The summed E-state index contributed by atoms with van der Waals surface area (Å²) in [4.78, 5) is 10.7. The molecular weight excluding hydrogens is 340 g/mol. The molecule has 0 saturated carbocycles. The van der Waals surface area contributed by atoms with Crippen molar-refractivity contribution in [1.29, 1.82) is 0 Å². The molecule has 0 unspecified atom stereocenters. The summed E-state index contributed by atoms with van der Waals surface area (Å²) in [7, 11) is -4.19. The summed E-state index contributed by atoms with van der Waals surface area (Å²) in [6, 6.07) is 8.27. The first-order valence-corrected chi connectivity index (χ1v) is 8.42. The van der Waals surface area contributed by atoms with Gasteiger partial charge in [0, 0.05) is 12.6 Å². The first kappa shape index (κ1) is 17.9. The minimum Gasteiger partial charge on any atom is -0.481 e. The summed E-state index contributed by atoms with van der Waals surface area (Å²) in [6.07, 6.45) is -0.526. The van der Waals surface area contributed by atoms with Crippen molar-refractivity contribution in [2.45, 2.75) is 18.2 Å². The molecule has 0 aromatic heterocycles. The Morgan fingerprint density at radius 2 is 1.75 bits per heavy atom. The van der Waals surface area contributed by atoms with Crippen LogP contribution in [-0.4, -0.2) is 26.0 Å². The summed E-state index contributed by atoms with van der Waals surface area (Å²) in [5.74, 6) is -3.18. The van der Waals surface area contributed by atoms with Gasteiger partial charge in [0.25, 0.3) is 10.0 Å². The van der Waals surface area contributed by atoms with E-state index in [0.717, 1.165) is 17.7 Å². The van der Waals surface area contributed by atoms with Gasteiger partial charge in [-0.15, -0.1) is 0 Å². The van der Waals surface area contributed by atoms with E-state index in [2.05, 4.69) is 0 Å². The highest BCUT2D eigenvalue weighted by Gasteiger charge is 2.27. The lowest BCUT2D eigenvalue weighted by Gasteiger charge is -2.24. The van der Waals surface area contributed by atoms with Crippen molar-refractivity contribution < 1.29 is 27.1 Å². The number of benzene rings is 2. The maximum atomic E-state index is 14.0. The van der Waals surface area contributed by atoms with E-state index in [1.165, 1.54) is 12.1 Å². The molecule has 0 spiro atoms. The fourth-order valence-corrected chi connectivity index (χ4v) is 3.56. The molecule has 0 bridgehead atoms. The van der Waals surface area contributed by atoms with E-state index >= 15 is 0 Å². The zero-order valence-corrected chi connectivity index (χ0v) is 13.6. The van der Waals surface area contributed by atoms with Crippen LogP contribution in [0.2, 0.25) is 0 Å². The third kappa shape index (κ3) is 3.88. The van der Waals surface area contributed by atoms with Crippen molar-refractivity contribution in [2.75, 3.05) is 10.8 Å². The number of hydrogen-bond donors (Lipinski definition) is 1. The molecule has 0 amide bonds. The predicted molar refractivity (Wildman–Crippen MR) is 84.3 cm³/mol. The van der Waals surface area contributed by atoms with Crippen molar-refractivity contribution in [3.8, 4) is 0 Å². The van der Waals surface area contributed by atoms with E-state index in [-0.39, 0.29) is 4.90 Å². The Kier molecular flexibility index (Phi) is 5.18. The molecule has 0 aliphatic heterocycles. The maximum absolute atomic E-state index is 14.0. The van der Waals surface area contributed by atoms with Gasteiger partial charge in [0.15, 0.2) is 0 Å². The molecular formula is C16H15F2NO4S. The van der Waals surface area contributed by atoms with Crippen molar-refractivity contribution >= 4 is 21.7 Å². The van der Waals surface area contributed by atoms with Gasteiger partial charge in [-0.05, 0) is 31.2 Å². The van der Waals surface area contributed by atoms with Gasteiger partial charge in [-0.2, -0.15) is 0 Å². The molecule has 0 fully saturated rings. The van der Waals surface area contributed by atoms with Crippen LogP contribution in [0, 0.1) is 18.6 Å². The number of aliphatic carboxylic acids is 1. The number of carbonyl (C=O) groups is 1. The van der Waals surface area contributed by atoms with Crippen molar-refractivity contribution in [3.63, 3.8) is 0 Å². The first-order chi connectivity index (χ1) is 11.2. The van der Waals surface area contributed by atoms with Gasteiger partial charge in [0.2, 0.25) is 0 Å². The average Bonchev–Trinajstić information content (AvgIpc) is 2.49. The van der Waals surface area contributed by atoms with E-state index in [1.54, 1.807) is 19.1 Å². The van der Waals surface area contributed by atoms with Crippen molar-refractivity contribution in [2.24, 2.45) is 0 Å². The zero-order valence-electron chi connectivity index (χ0n) is 12.7. The van der Waals surface area contributed by atoms with Gasteiger partial charge < -0.3 is 5.11 Å². The number of rotatable bonds is 6. The fourth-order valence-electron chi connectivity index (χ4n) is 2.09. The Morgan fingerprint density at radius 1 is 1.12 bits per heavy atom. The predicted octanol–water partition coefficient (Wildman–Crippen LogP) is 2.94. The monoisotopic (exact) mass is 355 g/mol. The smallest absolute Gasteiger partial charge is 0.305 e. The fraction of sp³-hybridized carbons (Fsp3) is 0.188. The third-order valence-corrected chi connectivity index (χ3v) is 5.14. The molecule has 0 heterocycles. The number of carboxylic acids is 1. The summed E-state index contributed by atoms with van der Waals surface area (Å²) in [5, 5.41) is 8.82. The van der Waals surface area contributed by atoms with Crippen LogP contribution >= 0.6 is 0 Å². The molecule has 0 saturated heterocycles. The highest BCUT2D eigenvalue weighted by molar-refractivity contribution is 7.92. The second kappa shape index (κ2) is 6.96. The molecule has 24 heavy (non-hydrogen) atoms. The molecule has 8 heteroatoms. The van der Waals surface area contributed by atoms with Crippen LogP contribution in [0.3, 0.4) is 0 Å². The number of anilines is 1. The SMILES string of the molecule is Cc1ccc(S(=O)(=O)N(CCC(=O)O)c2ccc(F)cc2F)cc1. The summed E-state index contributed by atoms with van der Waals surface area (Å²) in [5.41, 5.74) is 0.428. The summed E-state index contributed by atoms with van der Waals surface area (Å²) >= 11 is 0. The lowest BCUT2D eigenvalue weighted by Crippen LogP contribution is -2.33. The quantitative estimate of drug-likeness (QED) is 0.864. The van der Waals surface area contributed by atoms with Crippen LogP contribution in [0.15, 0.2) is 47.4 Å². The molecule has 2 aromatic rings. The molecule has 1 N–H and O–H groups in total. The average molecular weight is 355 g/mol. The normalized spacial score (nSPS) is 11.3. The van der Waals surface area contributed by atoms with E-state index in [0.29, 0.717) is 10.4 Å². The minimum atomic E-state index is -4.19. The summed E-state index contributed by atoms with van der Waals surface area (Å²) in [6.45, 7) is 1.30. The molecule has 0 aliphatic carbocycles. The lowest BCUT2D eigenvalue weighted by atomic mass is 10.2. The lowest BCUT2D eigenvalue weighted by molar-refractivity contribution is -0.136. The Balaban J connectivity index is 2.52. The van der Waals surface area contributed by atoms with Crippen LogP contribution in [0.25, 0.3) is 0 Å². The van der Waals surface area contributed by atoms with Crippen LogP contribution < -0.4 is 4.31 Å². The van der Waals surface area contributed by atoms with Gasteiger partial charge in [-0.1, -0.05) is 17.7 Å². The van der Waals surface area contributed by atoms with E-state index < -0.39 is 46.3 Å². The Hall–Kier alpha value is -2.48. The Labute approximate surface area is 138 Å². The number of hydrogen-bond acceptors (Lipinski definition) is 3. The standard InChI is InChI=1S/C16H15F2NO4S/c1-11-2-5-13(6-3-11)24(22,23)19(9-8-16(20)21)15-7-4-12(17)10-14(15)18/h2-7,10H,8-9H2,1H3,(H,20,21). The zero-order chi connectivity index (χ0) is 17.9. The van der Waals surface area contributed by atoms with Gasteiger partial charge >= 0.3 is 5.97 Å². The highest BCUT2D eigenvalue weighted by atomic mass is 32.2. The van der Waals surface area contributed by atoms with E-state index in [9.17, 15) is 22.0 Å². The van der Waals surface area contributed by atoms with Crippen LogP contribution in [0.1, 0.15) is 12.0 Å². The molecule has 128 valence electrons. The second-order valence-electron chi connectivity index (χ2n) is 5.13. The third-order valence-electron chi connectivity index (χ3n) is 3.32. The molecule has 0 atom stereocenters. The molecule has 5 nitrogen and oxygen atoms in total. The minimum absolute atomic E-state index is 0.109. The van der Waals surface area contributed by atoms with Gasteiger partial charge in [0.05, 0.1) is 17.0 Å². The summed E-state index contributed by atoms with van der Waals surface area (Å²) < 4.78 is 53.3. The maximum Gasteiger partial charge on any atom is 0.305 e. The molecule has 0 radical (unpaired) electrons. The van der Waals surface area contributed by atoms with Crippen molar-refractivity contribution in [3.05, 3.63) is 59.7 Å². The number of carboxylic acid groups (broad SMARTS) is 1. The van der Waals surface area contributed by atoms with Gasteiger partial charge in [-0.25, -0.2) is 17.2 Å². The van der Waals surface area contributed by atoms with Gasteiger partial charge in [-0.3, -0.25) is 9.10 Å². The van der Waals surface area contributed by atoms with Crippen LogP contribution in [0.4, 0.5) is 14.5 Å². The van der Waals surface area contributed by atoms with Gasteiger partial charge in [0.1, 0.15) is 11.6 Å². The van der Waals surface area contributed by atoms with Crippen LogP contribution in [-0.2, 0) is 14.8 Å². The largest absolute Gasteiger partial charge is 0.481 e. The first-order valence-electron chi connectivity index (χ1n) is 6.98. The topological polar surface area (TPSA) is 74.7 Å². The van der Waals surface area contributed by atoms with E-state index in [4.69, 9.17) is 5.11 Å². The molecule has 2 aromatic carbocycles. The molecule has 2 rings (SSSR count). The number of halogens is 2. The Morgan fingerprint density at radius 3 is 2.29 bits per heavy atom. The second-order valence-corrected chi connectivity index (χ2v) is 6.99. The number of nitrogens with zero attached hydrogens (tertiary/aromatic N) is 1. The number of sulfonamides is 1. The highest BCUT2D eigenvalue weighted by Crippen LogP contribution is 2.27. The number of aryl methyl sites for hydroxylation is 1.